The smallest absolute Gasteiger partial charge is 0.255 e. The van der Waals surface area contributed by atoms with Crippen LogP contribution in [0, 0.1) is 13.8 Å². The number of amides is 4. The van der Waals surface area contributed by atoms with Crippen LogP contribution in [0.15, 0.2) is 30.5 Å². The number of carbonyl (C=O) groups is 4. The lowest BCUT2D eigenvalue weighted by molar-refractivity contribution is -0.136. The van der Waals surface area contributed by atoms with Crippen LogP contribution in [-0.2, 0) is 27.5 Å². The van der Waals surface area contributed by atoms with Crippen LogP contribution >= 0.6 is 0 Å². The molecule has 0 bridgehead atoms. The molecule has 32 heavy (non-hydrogen) atoms. The second-order valence-corrected chi connectivity index (χ2v) is 7.79. The Kier molecular flexibility index (Phi) is 7.19. The predicted molar refractivity (Wildman–Crippen MR) is 119 cm³/mol. The first-order valence-electron chi connectivity index (χ1n) is 10.4. The second-order valence-electron chi connectivity index (χ2n) is 7.79. The molecule has 1 unspecified atom stereocenters. The van der Waals surface area contributed by atoms with E-state index in [1.807, 2.05) is 25.4 Å². The Hall–Kier alpha value is -3.75. The van der Waals surface area contributed by atoms with Crippen molar-refractivity contribution in [1.82, 2.24) is 20.5 Å². The van der Waals surface area contributed by atoms with Gasteiger partial charge in [0.2, 0.25) is 18.2 Å². The molecule has 2 aliphatic heterocycles. The Morgan fingerprint density at radius 1 is 1.19 bits per heavy atom. The van der Waals surface area contributed by atoms with Crippen LogP contribution in [0.1, 0.15) is 45.5 Å². The Balaban J connectivity index is 0.000000243. The lowest BCUT2D eigenvalue weighted by Crippen LogP contribution is -2.52. The maximum Gasteiger partial charge on any atom is 0.255 e. The molecule has 0 aliphatic carbocycles. The van der Waals surface area contributed by atoms with Gasteiger partial charge >= 0.3 is 0 Å². The number of pyridine rings is 1. The summed E-state index contributed by atoms with van der Waals surface area (Å²) in [6, 6.07) is 6.78. The van der Waals surface area contributed by atoms with E-state index in [4.69, 9.17) is 0 Å². The number of carbonyl (C=O) groups excluding carboxylic acids is 4. The van der Waals surface area contributed by atoms with Crippen LogP contribution in [0.4, 0.5) is 5.82 Å². The largest absolute Gasteiger partial charge is 0.373 e. The van der Waals surface area contributed by atoms with E-state index in [-0.39, 0.29) is 18.2 Å². The van der Waals surface area contributed by atoms with Crippen LogP contribution in [0.25, 0.3) is 0 Å². The Labute approximate surface area is 186 Å². The summed E-state index contributed by atoms with van der Waals surface area (Å²) in [7, 11) is 1.87. The van der Waals surface area contributed by atoms with E-state index >= 15 is 0 Å². The van der Waals surface area contributed by atoms with Crippen LogP contribution in [0.2, 0.25) is 0 Å². The van der Waals surface area contributed by atoms with Crippen molar-refractivity contribution >= 4 is 29.9 Å². The number of aromatic nitrogens is 1. The minimum Gasteiger partial charge on any atom is -0.373 e. The summed E-state index contributed by atoms with van der Waals surface area (Å²) in [5.41, 5.74) is 4.81. The minimum absolute atomic E-state index is 0.195. The number of hydrogen-bond acceptors (Lipinski definition) is 6. The van der Waals surface area contributed by atoms with Crippen LogP contribution in [0.3, 0.4) is 0 Å². The molecule has 4 amide bonds. The van der Waals surface area contributed by atoms with Crippen molar-refractivity contribution in [3.05, 3.63) is 58.3 Å². The number of nitrogens with zero attached hydrogens (tertiary/aromatic N) is 2. The second kappa shape index (κ2) is 10.0. The third-order valence-corrected chi connectivity index (χ3v) is 5.61. The van der Waals surface area contributed by atoms with Gasteiger partial charge in [0, 0.05) is 38.3 Å². The molecular weight excluding hydrogens is 410 g/mol. The number of nitrogens with one attached hydrogen (secondary N) is 3. The molecule has 2 aromatic rings. The molecule has 0 spiro atoms. The Morgan fingerprint density at radius 3 is 2.62 bits per heavy atom. The highest BCUT2D eigenvalue weighted by Gasteiger charge is 2.38. The van der Waals surface area contributed by atoms with E-state index in [0.29, 0.717) is 31.5 Å². The van der Waals surface area contributed by atoms with Crippen molar-refractivity contribution in [3.63, 3.8) is 0 Å². The van der Waals surface area contributed by atoms with Gasteiger partial charge in [-0.1, -0.05) is 12.1 Å². The quantitative estimate of drug-likeness (QED) is 0.481. The maximum atomic E-state index is 12.4. The summed E-state index contributed by atoms with van der Waals surface area (Å²) in [5.74, 6) is 0.0235. The molecule has 4 rings (SSSR count). The molecule has 9 heteroatoms. The van der Waals surface area contributed by atoms with Crippen molar-refractivity contribution in [2.45, 2.75) is 45.8 Å². The van der Waals surface area contributed by atoms with E-state index in [2.05, 4.69) is 34.8 Å². The Morgan fingerprint density at radius 2 is 1.97 bits per heavy atom. The van der Waals surface area contributed by atoms with E-state index in [0.717, 1.165) is 16.9 Å². The number of anilines is 1. The number of aryl methyl sites for hydroxylation is 2. The van der Waals surface area contributed by atoms with Gasteiger partial charge in [-0.3, -0.25) is 24.5 Å². The molecule has 1 aromatic carbocycles. The fourth-order valence-corrected chi connectivity index (χ4v) is 3.66. The van der Waals surface area contributed by atoms with E-state index in [1.54, 1.807) is 12.1 Å². The summed E-state index contributed by atoms with van der Waals surface area (Å²) in [6.07, 6.45) is 3.09. The van der Waals surface area contributed by atoms with Crippen molar-refractivity contribution in [1.29, 1.82) is 0 Å². The van der Waals surface area contributed by atoms with Crippen molar-refractivity contribution < 1.29 is 19.2 Å². The van der Waals surface area contributed by atoms with Gasteiger partial charge in [0.15, 0.2) is 0 Å². The first-order valence-corrected chi connectivity index (χ1v) is 10.4. The molecule has 1 saturated heterocycles. The number of hydrogen-bond donors (Lipinski definition) is 3. The van der Waals surface area contributed by atoms with Gasteiger partial charge in [-0.05, 0) is 54.7 Å². The lowest BCUT2D eigenvalue weighted by atomic mass is 10.0. The minimum atomic E-state index is -0.603. The summed E-state index contributed by atoms with van der Waals surface area (Å²) >= 11 is 0. The van der Waals surface area contributed by atoms with Gasteiger partial charge in [-0.2, -0.15) is 0 Å². The number of fused-ring (bicyclic) bond motifs is 1. The van der Waals surface area contributed by atoms with Gasteiger partial charge in [0.1, 0.15) is 11.9 Å². The van der Waals surface area contributed by atoms with Crippen molar-refractivity contribution in [2.75, 3.05) is 12.4 Å². The third kappa shape index (κ3) is 5.11. The van der Waals surface area contributed by atoms with E-state index in [9.17, 15) is 19.2 Å². The summed E-state index contributed by atoms with van der Waals surface area (Å²) < 4.78 is 0. The zero-order chi connectivity index (χ0) is 23.3. The SMILES string of the molecule is CNc1cc(C)c(C)cn1.O=CNCc1ccc2c(c1)CN(C1CCC(=O)NC1=O)C2=O. The van der Waals surface area contributed by atoms with Gasteiger partial charge in [0.25, 0.3) is 5.91 Å². The normalized spacial score (nSPS) is 17.2. The first kappa shape index (κ1) is 22.9. The van der Waals surface area contributed by atoms with Crippen LogP contribution < -0.4 is 16.0 Å². The number of imide groups is 1. The fourth-order valence-electron chi connectivity index (χ4n) is 3.66. The maximum absolute atomic E-state index is 12.4. The standard InChI is InChI=1S/C15H15N3O4.C8H12N2/c19-8-16-6-9-1-2-11-10(5-9)7-18(15(11)22)12-3-4-13(20)17-14(12)21;1-6-4-8(9-3)10-5-7(6)2/h1-2,5,8,12H,3-4,6-7H2,(H,16,19)(H,17,20,21);4-5H,1-3H3,(H,9,10). The predicted octanol–water partition coefficient (Wildman–Crippen LogP) is 1.43. The first-order chi connectivity index (χ1) is 15.3. The molecule has 1 fully saturated rings. The Bertz CT molecular complexity index is 1050. The third-order valence-electron chi connectivity index (χ3n) is 5.61. The van der Waals surface area contributed by atoms with Crippen LogP contribution in [0.5, 0.6) is 0 Å². The number of rotatable bonds is 5. The van der Waals surface area contributed by atoms with E-state index < -0.39 is 11.9 Å². The average molecular weight is 438 g/mol. The van der Waals surface area contributed by atoms with E-state index in [1.165, 1.54) is 16.0 Å². The highest BCUT2D eigenvalue weighted by molar-refractivity contribution is 6.05. The molecule has 3 N–H and O–H groups in total. The van der Waals surface area contributed by atoms with Crippen molar-refractivity contribution in [3.8, 4) is 0 Å². The highest BCUT2D eigenvalue weighted by Crippen LogP contribution is 2.28. The van der Waals surface area contributed by atoms with Crippen molar-refractivity contribution in [2.24, 2.45) is 0 Å². The molecule has 0 saturated carbocycles. The molecule has 168 valence electrons. The lowest BCUT2D eigenvalue weighted by Gasteiger charge is -2.29. The van der Waals surface area contributed by atoms with Gasteiger partial charge in [-0.25, -0.2) is 4.98 Å². The fraction of sp³-hybridized carbons (Fsp3) is 0.348. The summed E-state index contributed by atoms with van der Waals surface area (Å²) in [4.78, 5) is 51.6. The zero-order valence-corrected chi connectivity index (χ0v) is 18.4. The molecule has 2 aliphatic rings. The zero-order valence-electron chi connectivity index (χ0n) is 18.4. The molecular formula is C23H27N5O4. The topological polar surface area (TPSA) is 120 Å². The molecule has 9 nitrogen and oxygen atoms in total. The summed E-state index contributed by atoms with van der Waals surface area (Å²) in [5, 5.41) is 7.83. The summed E-state index contributed by atoms with van der Waals surface area (Å²) in [6.45, 7) is 4.87. The molecule has 0 radical (unpaired) electrons. The van der Waals surface area contributed by atoms with Gasteiger partial charge < -0.3 is 15.5 Å². The number of benzene rings is 1. The van der Waals surface area contributed by atoms with Gasteiger partial charge in [-0.15, -0.1) is 0 Å². The molecule has 3 heterocycles. The van der Waals surface area contributed by atoms with Gasteiger partial charge in [0.05, 0.1) is 0 Å². The van der Waals surface area contributed by atoms with Crippen LogP contribution in [-0.4, -0.2) is 47.1 Å². The molecule has 1 aromatic heterocycles. The highest BCUT2D eigenvalue weighted by atomic mass is 16.2. The monoisotopic (exact) mass is 437 g/mol. The average Bonchev–Trinajstić information content (AvgIpc) is 3.10. The molecule has 1 atom stereocenters. The number of piperidine rings is 1.